The van der Waals surface area contributed by atoms with Gasteiger partial charge in [-0.1, -0.05) is 318 Å². The summed E-state index contributed by atoms with van der Waals surface area (Å²) in [6, 6.07) is 0. The van der Waals surface area contributed by atoms with E-state index in [4.69, 9.17) is 18.5 Å². The molecule has 2 unspecified atom stereocenters. The Bertz CT molecular complexity index is 1610. The Hall–Kier alpha value is -2.55. The number of hydrogen-bond donors (Lipinski definition) is 0. The van der Waals surface area contributed by atoms with Crippen molar-refractivity contribution in [2.45, 2.75) is 328 Å². The van der Waals surface area contributed by atoms with Gasteiger partial charge in [0.2, 0.25) is 0 Å². The van der Waals surface area contributed by atoms with E-state index in [9.17, 15) is 19.0 Å². The van der Waals surface area contributed by atoms with Gasteiger partial charge < -0.3 is 27.9 Å². The van der Waals surface area contributed by atoms with E-state index in [0.717, 1.165) is 77.0 Å². The molecule has 0 rings (SSSR count). The Balaban J connectivity index is 3.99. The van der Waals surface area contributed by atoms with Crippen LogP contribution in [0.25, 0.3) is 0 Å². The molecule has 0 bridgehead atoms. The lowest BCUT2D eigenvalue weighted by atomic mass is 10.0. The maximum absolute atomic E-state index is 12.9. The molecule has 0 fully saturated rings. The number of unbranched alkanes of at least 4 members (excludes halogenated alkanes) is 38. The van der Waals surface area contributed by atoms with E-state index in [-0.39, 0.29) is 32.0 Å². The molecule has 0 aromatic rings. The first-order valence-corrected chi connectivity index (χ1v) is 36.1. The average Bonchev–Trinajstić information content (AvgIpc) is 3.46. The molecule has 0 aromatic heterocycles. The highest BCUT2D eigenvalue weighted by atomic mass is 31.2. The van der Waals surface area contributed by atoms with Crippen LogP contribution in [0.15, 0.2) is 72.9 Å². The van der Waals surface area contributed by atoms with E-state index in [1.54, 1.807) is 0 Å². The number of ether oxygens (including phenoxy) is 2. The van der Waals surface area contributed by atoms with Crippen molar-refractivity contribution in [3.8, 4) is 0 Å². The molecule has 0 radical (unpaired) electrons. The van der Waals surface area contributed by atoms with Gasteiger partial charge in [0.25, 0.3) is 7.82 Å². The van der Waals surface area contributed by atoms with Crippen LogP contribution in [-0.2, 0) is 32.7 Å². The van der Waals surface area contributed by atoms with Crippen molar-refractivity contribution in [3.63, 3.8) is 0 Å². The number of carbonyl (C=O) groups is 2. The van der Waals surface area contributed by atoms with Crippen molar-refractivity contribution < 1.29 is 42.1 Å². The zero-order valence-electron chi connectivity index (χ0n) is 54.4. The number of nitrogens with zero attached hydrogens (tertiary/aromatic N) is 1. The van der Waals surface area contributed by atoms with Gasteiger partial charge in [0.1, 0.15) is 19.8 Å². The molecule has 0 aliphatic rings. The second-order valence-electron chi connectivity index (χ2n) is 24.5. The van der Waals surface area contributed by atoms with Crippen LogP contribution in [0.2, 0.25) is 0 Å². The highest BCUT2D eigenvalue weighted by Crippen LogP contribution is 2.38. The van der Waals surface area contributed by atoms with E-state index < -0.39 is 26.5 Å². The lowest BCUT2D eigenvalue weighted by molar-refractivity contribution is -0.870. The van der Waals surface area contributed by atoms with Gasteiger partial charge in [-0.05, 0) is 64.2 Å². The summed E-state index contributed by atoms with van der Waals surface area (Å²) >= 11 is 0. The Morgan fingerprint density at radius 3 is 1.04 bits per heavy atom. The van der Waals surface area contributed by atoms with Crippen molar-refractivity contribution in [1.29, 1.82) is 0 Å². The first-order valence-electron chi connectivity index (χ1n) is 34.6. The fourth-order valence-electron chi connectivity index (χ4n) is 9.96. The molecular formula is C72H132NO8P. The second-order valence-corrected chi connectivity index (χ2v) is 25.9. The minimum atomic E-state index is -4.64. The maximum Gasteiger partial charge on any atom is 0.306 e. The largest absolute Gasteiger partial charge is 0.756 e. The van der Waals surface area contributed by atoms with Gasteiger partial charge in [0.05, 0.1) is 27.7 Å². The number of hydrogen-bond acceptors (Lipinski definition) is 8. The fraction of sp³-hybridized carbons (Fsp3) is 0.806. The van der Waals surface area contributed by atoms with Crippen molar-refractivity contribution in [2.75, 3.05) is 47.5 Å². The predicted octanol–water partition coefficient (Wildman–Crippen LogP) is 21.8. The highest BCUT2D eigenvalue weighted by Gasteiger charge is 2.22. The minimum absolute atomic E-state index is 0.0295. The number of rotatable bonds is 64. The molecule has 2 atom stereocenters. The number of quaternary nitrogens is 1. The summed E-state index contributed by atoms with van der Waals surface area (Å²) in [5, 5.41) is 0. The number of likely N-dealkylation sites (N-methyl/N-ethyl adjacent to an activating group) is 1. The van der Waals surface area contributed by atoms with Crippen molar-refractivity contribution in [2.24, 2.45) is 0 Å². The Kier molecular flexibility index (Phi) is 61.0. The number of allylic oxidation sites excluding steroid dienone is 12. The molecule has 0 saturated carbocycles. The normalized spacial score (nSPS) is 13.6. The number of phosphoric acid groups is 1. The molecule has 478 valence electrons. The molecule has 82 heavy (non-hydrogen) atoms. The molecule has 10 heteroatoms. The van der Waals surface area contributed by atoms with Crippen molar-refractivity contribution in [1.82, 2.24) is 0 Å². The van der Waals surface area contributed by atoms with Crippen LogP contribution in [0.4, 0.5) is 0 Å². The summed E-state index contributed by atoms with van der Waals surface area (Å²) in [5.41, 5.74) is 0. The third-order valence-corrected chi connectivity index (χ3v) is 16.2. The van der Waals surface area contributed by atoms with E-state index in [1.807, 2.05) is 21.1 Å². The number of carbonyl (C=O) groups excluding carboxylic acids is 2. The topological polar surface area (TPSA) is 111 Å². The Morgan fingerprint density at radius 2 is 0.695 bits per heavy atom. The molecule has 0 aromatic carbocycles. The second kappa shape index (κ2) is 63.0. The first-order chi connectivity index (χ1) is 40.0. The molecule has 0 N–H and O–H groups in total. The Labute approximate surface area is 508 Å². The maximum atomic E-state index is 12.9. The van der Waals surface area contributed by atoms with Crippen LogP contribution in [0, 0.1) is 0 Å². The third-order valence-electron chi connectivity index (χ3n) is 15.2. The summed E-state index contributed by atoms with van der Waals surface area (Å²) in [7, 11) is 1.18. The van der Waals surface area contributed by atoms with Crippen LogP contribution >= 0.6 is 7.82 Å². The minimum Gasteiger partial charge on any atom is -0.756 e. The van der Waals surface area contributed by atoms with Crippen molar-refractivity contribution >= 4 is 19.8 Å². The van der Waals surface area contributed by atoms with Gasteiger partial charge in [-0.25, -0.2) is 0 Å². The fourth-order valence-corrected chi connectivity index (χ4v) is 10.7. The van der Waals surface area contributed by atoms with Gasteiger partial charge in [0, 0.05) is 12.8 Å². The van der Waals surface area contributed by atoms with Crippen LogP contribution in [0.3, 0.4) is 0 Å². The van der Waals surface area contributed by atoms with Gasteiger partial charge >= 0.3 is 11.9 Å². The summed E-state index contributed by atoms with van der Waals surface area (Å²) in [6.45, 7) is 4.18. The molecule has 9 nitrogen and oxygen atoms in total. The van der Waals surface area contributed by atoms with Gasteiger partial charge in [-0.15, -0.1) is 0 Å². The smallest absolute Gasteiger partial charge is 0.306 e. The Morgan fingerprint density at radius 1 is 0.390 bits per heavy atom. The van der Waals surface area contributed by atoms with Gasteiger partial charge in [-0.2, -0.15) is 0 Å². The van der Waals surface area contributed by atoms with E-state index in [1.165, 1.54) is 212 Å². The molecule has 0 saturated heterocycles. The monoisotopic (exact) mass is 1170 g/mol. The van der Waals surface area contributed by atoms with Crippen LogP contribution in [0.5, 0.6) is 0 Å². The lowest BCUT2D eigenvalue weighted by Gasteiger charge is -2.28. The molecule has 0 aliphatic carbocycles. The predicted molar refractivity (Wildman–Crippen MR) is 351 cm³/mol. The standard InChI is InChI=1S/C72H132NO8P/c1-6-8-10-12-14-16-18-20-22-24-26-28-29-30-31-32-33-34-35-36-37-38-39-40-41-42-43-45-47-49-51-53-55-57-59-61-63-65-72(75)81-70(69-80-82(76,77)79-67-66-73(3,4)5)68-78-71(74)64-62-60-58-56-54-52-50-48-46-44-27-25-23-21-19-17-15-13-11-9-7-2/h8,10,14,16,20,22,26,28,30-31,33-34,70H,6-7,9,11-13,15,17-19,21,23-25,27,29,32,35-69H2,1-5H3/b10-8-,16-14-,22-20-,28-26-,31-30-,34-33-. The highest BCUT2D eigenvalue weighted by molar-refractivity contribution is 7.45. The summed E-state index contributed by atoms with van der Waals surface area (Å²) in [6.07, 6.45) is 84.1. The van der Waals surface area contributed by atoms with Crippen LogP contribution < -0.4 is 4.89 Å². The SMILES string of the molecule is CC/C=C\C/C=C\C/C=C\C/C=C\C/C=C\C/C=C\CCCCCCCCCCCCCCCCCCCCC(=O)OC(COC(=O)CCCCCCCCCCCCCCCCCCCCCCC)COP(=O)([O-])OCC[N+](C)(C)C. The molecule has 0 heterocycles. The molecule has 0 amide bonds. The van der Waals surface area contributed by atoms with E-state index in [0.29, 0.717) is 17.4 Å². The van der Waals surface area contributed by atoms with Gasteiger partial charge in [-0.3, -0.25) is 14.2 Å². The lowest BCUT2D eigenvalue weighted by Crippen LogP contribution is -2.37. The average molecular weight is 1170 g/mol. The van der Waals surface area contributed by atoms with Crippen LogP contribution in [0.1, 0.15) is 322 Å². The quantitative estimate of drug-likeness (QED) is 0.0195. The van der Waals surface area contributed by atoms with Crippen LogP contribution in [-0.4, -0.2) is 70.0 Å². The van der Waals surface area contributed by atoms with E-state index >= 15 is 0 Å². The molecule has 0 aliphatic heterocycles. The summed E-state index contributed by atoms with van der Waals surface area (Å²) in [5.74, 6) is -0.816. The zero-order chi connectivity index (χ0) is 59.8. The first kappa shape index (κ1) is 79.5. The zero-order valence-corrected chi connectivity index (χ0v) is 55.3. The molecule has 0 spiro atoms. The summed E-state index contributed by atoms with van der Waals surface area (Å²) < 4.78 is 34.3. The van der Waals surface area contributed by atoms with E-state index in [2.05, 4.69) is 86.8 Å². The van der Waals surface area contributed by atoms with Crippen molar-refractivity contribution in [3.05, 3.63) is 72.9 Å². The van der Waals surface area contributed by atoms with Gasteiger partial charge in [0.15, 0.2) is 6.10 Å². The molecular weight excluding hydrogens is 1040 g/mol. The summed E-state index contributed by atoms with van der Waals surface area (Å²) in [4.78, 5) is 38.0. The third kappa shape index (κ3) is 66.6. The number of esters is 2. The number of phosphoric ester groups is 1.